The Kier molecular flexibility index (Phi) is 3.85. The normalized spacial score (nSPS) is 11.4. The fourth-order valence-corrected chi connectivity index (χ4v) is 2.19. The number of nitrogens with one attached hydrogen (secondary N) is 2. The van der Waals surface area contributed by atoms with E-state index in [9.17, 15) is 0 Å². The predicted octanol–water partition coefficient (Wildman–Crippen LogP) is 3.15. The van der Waals surface area contributed by atoms with Gasteiger partial charge in [-0.05, 0) is 17.9 Å². The molecule has 3 aromatic rings. The maximum atomic E-state index is 5.59. The van der Waals surface area contributed by atoms with Crippen LogP contribution in [0.3, 0.4) is 0 Å². The van der Waals surface area contributed by atoms with Gasteiger partial charge in [0.25, 0.3) is 0 Å². The molecule has 110 valence electrons. The molecule has 0 aliphatic heterocycles. The van der Waals surface area contributed by atoms with E-state index in [0.29, 0.717) is 24.4 Å². The monoisotopic (exact) mass is 285 g/mol. The van der Waals surface area contributed by atoms with Gasteiger partial charge in [-0.25, -0.2) is 0 Å². The van der Waals surface area contributed by atoms with Crippen molar-refractivity contribution in [2.24, 2.45) is 5.92 Å². The average molecular weight is 285 g/mol. The number of aromatic amines is 1. The van der Waals surface area contributed by atoms with E-state index in [2.05, 4.69) is 39.6 Å². The number of anilines is 1. The predicted molar refractivity (Wildman–Crippen MR) is 80.9 cm³/mol. The Balaban J connectivity index is 1.64. The molecule has 2 N–H and O–H groups in total. The molecule has 0 atom stereocenters. The van der Waals surface area contributed by atoms with E-state index < -0.39 is 0 Å². The third kappa shape index (κ3) is 3.21. The summed E-state index contributed by atoms with van der Waals surface area (Å²) in [5.74, 6) is 1.32. The molecule has 0 fully saturated rings. The van der Waals surface area contributed by atoms with Crippen LogP contribution >= 0.6 is 0 Å². The summed E-state index contributed by atoms with van der Waals surface area (Å²) in [7, 11) is 0. The number of hydrogen-bond acceptors (Lipinski definition) is 5. The molecular formula is C15H19N5O. The Morgan fingerprint density at radius 2 is 2.19 bits per heavy atom. The molecule has 6 heteroatoms. The van der Waals surface area contributed by atoms with E-state index in [4.69, 9.17) is 4.42 Å². The van der Waals surface area contributed by atoms with Crippen molar-refractivity contribution in [1.82, 2.24) is 20.4 Å². The number of para-hydroxylation sites is 1. The zero-order valence-corrected chi connectivity index (χ0v) is 12.3. The van der Waals surface area contributed by atoms with Crippen molar-refractivity contribution >= 4 is 16.9 Å². The second-order valence-corrected chi connectivity index (χ2v) is 5.54. The molecule has 0 unspecified atom stereocenters. The van der Waals surface area contributed by atoms with E-state index in [1.54, 1.807) is 0 Å². The molecule has 0 spiro atoms. The summed E-state index contributed by atoms with van der Waals surface area (Å²) >= 11 is 0. The molecule has 0 amide bonds. The van der Waals surface area contributed by atoms with Crippen LogP contribution in [0.2, 0.25) is 0 Å². The molecule has 2 heterocycles. The van der Waals surface area contributed by atoms with Crippen LogP contribution < -0.4 is 5.32 Å². The van der Waals surface area contributed by atoms with E-state index >= 15 is 0 Å². The van der Waals surface area contributed by atoms with Gasteiger partial charge >= 0.3 is 6.01 Å². The number of rotatable bonds is 6. The molecule has 0 saturated heterocycles. The highest BCUT2D eigenvalue weighted by Gasteiger charge is 2.08. The van der Waals surface area contributed by atoms with Crippen molar-refractivity contribution < 1.29 is 4.42 Å². The molecule has 2 aromatic heterocycles. The molecular weight excluding hydrogens is 266 g/mol. The first-order chi connectivity index (χ1) is 10.2. The van der Waals surface area contributed by atoms with Crippen LogP contribution in [0.5, 0.6) is 0 Å². The van der Waals surface area contributed by atoms with Gasteiger partial charge in [-0.2, -0.15) is 5.10 Å². The molecule has 0 bridgehead atoms. The highest BCUT2D eigenvalue weighted by Crippen LogP contribution is 2.17. The number of benzene rings is 1. The lowest BCUT2D eigenvalue weighted by molar-refractivity contribution is 0.469. The summed E-state index contributed by atoms with van der Waals surface area (Å²) in [6.45, 7) is 4.98. The van der Waals surface area contributed by atoms with Crippen LogP contribution in [-0.2, 0) is 13.0 Å². The largest absolute Gasteiger partial charge is 0.408 e. The summed E-state index contributed by atoms with van der Waals surface area (Å²) in [6.07, 6.45) is 3.69. The van der Waals surface area contributed by atoms with Crippen molar-refractivity contribution in [2.45, 2.75) is 33.2 Å². The van der Waals surface area contributed by atoms with E-state index in [-0.39, 0.29) is 0 Å². The quantitative estimate of drug-likeness (QED) is 0.727. The second kappa shape index (κ2) is 5.95. The number of aromatic nitrogens is 4. The van der Waals surface area contributed by atoms with Crippen molar-refractivity contribution in [2.75, 3.05) is 5.32 Å². The van der Waals surface area contributed by atoms with Gasteiger partial charge < -0.3 is 9.73 Å². The van der Waals surface area contributed by atoms with Gasteiger partial charge in [0.15, 0.2) is 0 Å². The van der Waals surface area contributed by atoms with Gasteiger partial charge in [0, 0.05) is 18.4 Å². The SMILES string of the molecule is CC(C)CCc1nnc(NCc2cccc3cn[nH]c23)o1. The zero-order valence-electron chi connectivity index (χ0n) is 12.3. The molecule has 3 rings (SSSR count). The lowest BCUT2D eigenvalue weighted by atomic mass is 10.1. The Hall–Kier alpha value is -2.37. The summed E-state index contributed by atoms with van der Waals surface area (Å²) in [4.78, 5) is 0. The van der Waals surface area contributed by atoms with E-state index in [1.807, 2.05) is 24.4 Å². The number of nitrogens with zero attached hydrogens (tertiary/aromatic N) is 3. The fourth-order valence-electron chi connectivity index (χ4n) is 2.19. The van der Waals surface area contributed by atoms with Crippen molar-refractivity contribution in [3.8, 4) is 0 Å². The minimum atomic E-state index is 0.463. The topological polar surface area (TPSA) is 79.6 Å². The number of aryl methyl sites for hydroxylation is 1. The Bertz CT molecular complexity index is 716. The molecule has 0 radical (unpaired) electrons. The van der Waals surface area contributed by atoms with Crippen LogP contribution in [0.1, 0.15) is 31.7 Å². The van der Waals surface area contributed by atoms with Gasteiger partial charge in [-0.3, -0.25) is 5.10 Å². The molecule has 21 heavy (non-hydrogen) atoms. The average Bonchev–Trinajstić information content (AvgIpc) is 3.12. The standard InChI is InChI=1S/C15H19N5O/c1-10(2)6-7-13-18-20-15(21-13)16-8-11-4-3-5-12-9-17-19-14(11)12/h3-5,9-10H,6-8H2,1-2H3,(H,16,20)(H,17,19). The third-order valence-corrected chi connectivity index (χ3v) is 3.40. The highest BCUT2D eigenvalue weighted by atomic mass is 16.4. The zero-order chi connectivity index (χ0) is 14.7. The van der Waals surface area contributed by atoms with Crippen LogP contribution in [0, 0.1) is 5.92 Å². The van der Waals surface area contributed by atoms with Crippen LogP contribution in [0.4, 0.5) is 6.01 Å². The van der Waals surface area contributed by atoms with E-state index in [0.717, 1.165) is 29.3 Å². The number of H-pyrrole nitrogens is 1. The Morgan fingerprint density at radius 1 is 1.29 bits per heavy atom. The smallest absolute Gasteiger partial charge is 0.315 e. The van der Waals surface area contributed by atoms with Crippen molar-refractivity contribution in [3.63, 3.8) is 0 Å². The van der Waals surface area contributed by atoms with Gasteiger partial charge in [0.1, 0.15) is 0 Å². The second-order valence-electron chi connectivity index (χ2n) is 5.54. The van der Waals surface area contributed by atoms with Crippen molar-refractivity contribution in [3.05, 3.63) is 35.9 Å². The summed E-state index contributed by atoms with van der Waals surface area (Å²) < 4.78 is 5.59. The van der Waals surface area contributed by atoms with Crippen LogP contribution in [0.25, 0.3) is 10.9 Å². The van der Waals surface area contributed by atoms with Crippen LogP contribution in [0.15, 0.2) is 28.8 Å². The lowest BCUT2D eigenvalue weighted by Gasteiger charge is -2.03. The maximum Gasteiger partial charge on any atom is 0.315 e. The highest BCUT2D eigenvalue weighted by molar-refractivity contribution is 5.81. The molecule has 0 aliphatic rings. The first-order valence-corrected chi connectivity index (χ1v) is 7.19. The molecule has 6 nitrogen and oxygen atoms in total. The summed E-state index contributed by atoms with van der Waals surface area (Å²) in [6, 6.07) is 6.55. The van der Waals surface area contributed by atoms with Crippen molar-refractivity contribution in [1.29, 1.82) is 0 Å². The maximum absolute atomic E-state index is 5.59. The van der Waals surface area contributed by atoms with Gasteiger partial charge in [0.2, 0.25) is 5.89 Å². The number of hydrogen-bond donors (Lipinski definition) is 2. The third-order valence-electron chi connectivity index (χ3n) is 3.40. The van der Waals surface area contributed by atoms with Gasteiger partial charge in [0.05, 0.1) is 11.7 Å². The van der Waals surface area contributed by atoms with Gasteiger partial charge in [-0.15, -0.1) is 5.10 Å². The van der Waals surface area contributed by atoms with E-state index in [1.165, 1.54) is 0 Å². The Labute approximate surface area is 123 Å². The minimum Gasteiger partial charge on any atom is -0.408 e. The first kappa shape index (κ1) is 13.6. The molecule has 0 saturated carbocycles. The van der Waals surface area contributed by atoms with Gasteiger partial charge in [-0.1, -0.05) is 37.1 Å². The fraction of sp³-hybridized carbons (Fsp3) is 0.400. The Morgan fingerprint density at radius 3 is 3.05 bits per heavy atom. The number of fused-ring (bicyclic) bond motifs is 1. The lowest BCUT2D eigenvalue weighted by Crippen LogP contribution is -2.00. The van der Waals surface area contributed by atoms with Crippen LogP contribution in [-0.4, -0.2) is 20.4 Å². The molecule has 0 aliphatic carbocycles. The minimum absolute atomic E-state index is 0.463. The summed E-state index contributed by atoms with van der Waals surface area (Å²) in [5.41, 5.74) is 2.15. The molecule has 1 aromatic carbocycles. The summed E-state index contributed by atoms with van der Waals surface area (Å²) in [5, 5.41) is 19.4. The first-order valence-electron chi connectivity index (χ1n) is 7.19.